The Labute approximate surface area is 123 Å². The molecule has 1 aliphatic heterocycles. The first-order chi connectivity index (χ1) is 9.69. The van der Waals surface area contributed by atoms with Crippen molar-refractivity contribution in [3.05, 3.63) is 29.3 Å². The molecule has 0 spiro atoms. The maximum Gasteiger partial charge on any atom is 0.119 e. The highest BCUT2D eigenvalue weighted by Gasteiger charge is 2.23. The van der Waals surface area contributed by atoms with E-state index in [4.69, 9.17) is 4.74 Å². The number of hydrogen-bond acceptors (Lipinski definition) is 3. The summed E-state index contributed by atoms with van der Waals surface area (Å²) in [4.78, 5) is 2.60. The summed E-state index contributed by atoms with van der Waals surface area (Å²) in [5.74, 6) is 1.01. The van der Waals surface area contributed by atoms with Crippen molar-refractivity contribution in [2.45, 2.75) is 39.7 Å². The van der Waals surface area contributed by atoms with E-state index >= 15 is 0 Å². The quantitative estimate of drug-likeness (QED) is 0.739. The number of hydrogen-bond donors (Lipinski definition) is 1. The maximum absolute atomic E-state index is 5.89. The summed E-state index contributed by atoms with van der Waals surface area (Å²) >= 11 is 0. The molecule has 0 bridgehead atoms. The first-order valence-corrected chi connectivity index (χ1v) is 7.85. The van der Waals surface area contributed by atoms with Crippen molar-refractivity contribution >= 4 is 0 Å². The van der Waals surface area contributed by atoms with E-state index in [2.05, 4.69) is 49.2 Å². The average molecular weight is 276 g/mol. The van der Waals surface area contributed by atoms with Crippen LogP contribution in [0.4, 0.5) is 0 Å². The number of nitrogens with one attached hydrogen (secondary N) is 1. The van der Waals surface area contributed by atoms with Crippen LogP contribution in [-0.4, -0.2) is 43.7 Å². The highest BCUT2D eigenvalue weighted by atomic mass is 16.5. The lowest BCUT2D eigenvalue weighted by Gasteiger charge is -2.38. The topological polar surface area (TPSA) is 24.5 Å². The summed E-state index contributed by atoms with van der Waals surface area (Å²) in [6.45, 7) is 11.9. The van der Waals surface area contributed by atoms with Crippen molar-refractivity contribution in [3.63, 3.8) is 0 Å². The highest BCUT2D eigenvalue weighted by Crippen LogP contribution is 2.16. The van der Waals surface area contributed by atoms with Crippen molar-refractivity contribution < 1.29 is 4.74 Å². The van der Waals surface area contributed by atoms with Crippen LogP contribution in [0.3, 0.4) is 0 Å². The number of rotatable bonds is 8. The van der Waals surface area contributed by atoms with E-state index in [1.807, 2.05) is 0 Å². The highest BCUT2D eigenvalue weighted by molar-refractivity contribution is 5.32. The summed E-state index contributed by atoms with van der Waals surface area (Å²) in [5.41, 5.74) is 2.54. The van der Waals surface area contributed by atoms with Crippen molar-refractivity contribution in [1.82, 2.24) is 10.2 Å². The Morgan fingerprint density at radius 3 is 2.40 bits per heavy atom. The molecule has 0 unspecified atom stereocenters. The predicted molar refractivity (Wildman–Crippen MR) is 84.5 cm³/mol. The Kier molecular flexibility index (Phi) is 5.86. The zero-order chi connectivity index (χ0) is 14.4. The van der Waals surface area contributed by atoms with Gasteiger partial charge in [-0.1, -0.05) is 13.0 Å². The molecule has 1 saturated heterocycles. The second-order valence-electron chi connectivity index (χ2n) is 5.87. The van der Waals surface area contributed by atoms with E-state index in [0.29, 0.717) is 0 Å². The van der Waals surface area contributed by atoms with E-state index < -0.39 is 0 Å². The molecule has 0 aromatic heterocycles. The molecule has 1 fully saturated rings. The van der Waals surface area contributed by atoms with Gasteiger partial charge in [0.1, 0.15) is 5.75 Å². The van der Waals surface area contributed by atoms with E-state index in [0.717, 1.165) is 44.5 Å². The second kappa shape index (κ2) is 7.65. The fraction of sp³-hybridized carbons (Fsp3) is 0.647. The van der Waals surface area contributed by atoms with Crippen molar-refractivity contribution in [1.29, 1.82) is 0 Å². The molecule has 0 radical (unpaired) electrons. The monoisotopic (exact) mass is 276 g/mol. The molecule has 112 valence electrons. The van der Waals surface area contributed by atoms with Gasteiger partial charge in [-0.25, -0.2) is 0 Å². The molecule has 0 atom stereocenters. The molecule has 0 amide bonds. The Morgan fingerprint density at radius 2 is 1.85 bits per heavy atom. The molecular weight excluding hydrogens is 248 g/mol. The fourth-order valence-corrected chi connectivity index (χ4v) is 2.77. The normalized spacial score (nSPS) is 15.4. The smallest absolute Gasteiger partial charge is 0.119 e. The van der Waals surface area contributed by atoms with Crippen LogP contribution in [0.1, 0.15) is 30.9 Å². The zero-order valence-corrected chi connectivity index (χ0v) is 13.1. The van der Waals surface area contributed by atoms with Crippen LogP contribution in [0.5, 0.6) is 5.75 Å². The van der Waals surface area contributed by atoms with Gasteiger partial charge >= 0.3 is 0 Å². The average Bonchev–Trinajstić information content (AvgIpc) is 2.31. The number of benzene rings is 1. The molecule has 0 saturated carbocycles. The molecular formula is C17H28N2O. The molecule has 1 aromatic rings. The Morgan fingerprint density at radius 1 is 1.15 bits per heavy atom. The lowest BCUT2D eigenvalue weighted by molar-refractivity contribution is 0.135. The summed E-state index contributed by atoms with van der Waals surface area (Å²) < 4.78 is 5.89. The summed E-state index contributed by atoms with van der Waals surface area (Å²) in [6.07, 6.45) is 2.33. The van der Waals surface area contributed by atoms with Crippen LogP contribution >= 0.6 is 0 Å². The fourth-order valence-electron chi connectivity index (χ4n) is 2.77. The standard InChI is InChI=1S/C17H28N2O/c1-4-6-19(16-12-18-13-16)7-5-8-20-17-10-14(2)9-15(3)11-17/h9-11,16,18H,4-8,12-13H2,1-3H3. The lowest BCUT2D eigenvalue weighted by Crippen LogP contribution is -2.57. The molecule has 1 aliphatic rings. The third-order valence-electron chi connectivity index (χ3n) is 3.84. The van der Waals surface area contributed by atoms with Crippen molar-refractivity contribution in [2.75, 3.05) is 32.8 Å². The van der Waals surface area contributed by atoms with Gasteiger partial charge in [0, 0.05) is 25.7 Å². The third-order valence-corrected chi connectivity index (χ3v) is 3.84. The first-order valence-electron chi connectivity index (χ1n) is 7.85. The van der Waals surface area contributed by atoms with Gasteiger partial charge in [-0.2, -0.15) is 0 Å². The van der Waals surface area contributed by atoms with Crippen LogP contribution in [0.15, 0.2) is 18.2 Å². The van der Waals surface area contributed by atoms with E-state index in [1.165, 1.54) is 24.1 Å². The van der Waals surface area contributed by atoms with Crippen LogP contribution in [0, 0.1) is 13.8 Å². The molecule has 2 rings (SSSR count). The second-order valence-corrected chi connectivity index (χ2v) is 5.87. The minimum Gasteiger partial charge on any atom is -0.494 e. The van der Waals surface area contributed by atoms with Gasteiger partial charge in [-0.3, -0.25) is 4.90 Å². The van der Waals surface area contributed by atoms with Crippen molar-refractivity contribution in [2.24, 2.45) is 0 Å². The maximum atomic E-state index is 5.89. The molecule has 20 heavy (non-hydrogen) atoms. The van der Waals surface area contributed by atoms with E-state index in [-0.39, 0.29) is 0 Å². The zero-order valence-electron chi connectivity index (χ0n) is 13.1. The van der Waals surface area contributed by atoms with Gasteiger partial charge < -0.3 is 10.1 Å². The van der Waals surface area contributed by atoms with E-state index in [1.54, 1.807) is 0 Å². The molecule has 0 aliphatic carbocycles. The number of nitrogens with zero attached hydrogens (tertiary/aromatic N) is 1. The Bertz CT molecular complexity index is 395. The molecule has 1 N–H and O–H groups in total. The molecule has 3 nitrogen and oxygen atoms in total. The summed E-state index contributed by atoms with van der Waals surface area (Å²) in [6, 6.07) is 7.16. The van der Waals surface area contributed by atoms with Gasteiger partial charge in [0.2, 0.25) is 0 Å². The van der Waals surface area contributed by atoms with Gasteiger partial charge in [-0.05, 0) is 56.5 Å². The molecule has 1 heterocycles. The molecule has 3 heteroatoms. The Hall–Kier alpha value is -1.06. The first kappa shape index (κ1) is 15.3. The van der Waals surface area contributed by atoms with Gasteiger partial charge in [0.25, 0.3) is 0 Å². The lowest BCUT2D eigenvalue weighted by atomic mass is 10.1. The number of aryl methyl sites for hydroxylation is 2. The van der Waals surface area contributed by atoms with Crippen LogP contribution in [0.25, 0.3) is 0 Å². The minimum atomic E-state index is 0.746. The van der Waals surface area contributed by atoms with Crippen LogP contribution in [0.2, 0.25) is 0 Å². The predicted octanol–water partition coefficient (Wildman–Crippen LogP) is 2.76. The van der Waals surface area contributed by atoms with Crippen LogP contribution in [-0.2, 0) is 0 Å². The minimum absolute atomic E-state index is 0.746. The molecule has 1 aromatic carbocycles. The van der Waals surface area contributed by atoms with Crippen molar-refractivity contribution in [3.8, 4) is 5.75 Å². The SMILES string of the molecule is CCCN(CCCOc1cc(C)cc(C)c1)C1CNC1. The summed E-state index contributed by atoms with van der Waals surface area (Å²) in [5, 5.41) is 3.36. The Balaban J connectivity index is 1.71. The van der Waals surface area contributed by atoms with Gasteiger partial charge in [-0.15, -0.1) is 0 Å². The van der Waals surface area contributed by atoms with Crippen LogP contribution < -0.4 is 10.1 Å². The summed E-state index contributed by atoms with van der Waals surface area (Å²) in [7, 11) is 0. The van der Waals surface area contributed by atoms with Gasteiger partial charge in [0.05, 0.1) is 6.61 Å². The van der Waals surface area contributed by atoms with Gasteiger partial charge in [0.15, 0.2) is 0 Å². The largest absolute Gasteiger partial charge is 0.494 e. The third kappa shape index (κ3) is 4.50. The van der Waals surface area contributed by atoms with E-state index in [9.17, 15) is 0 Å². The number of ether oxygens (including phenoxy) is 1.